The molecule has 0 spiro atoms. The first-order chi connectivity index (χ1) is 16.1. The van der Waals surface area contributed by atoms with Crippen molar-refractivity contribution in [3.63, 3.8) is 0 Å². The van der Waals surface area contributed by atoms with Crippen LogP contribution in [0.5, 0.6) is 0 Å². The predicted octanol–water partition coefficient (Wildman–Crippen LogP) is 6.47. The number of aliphatic imine (C=N–C) groups is 1. The second-order valence-electron chi connectivity index (χ2n) is 7.88. The Labute approximate surface area is 203 Å². The maximum atomic E-state index is 13.7. The van der Waals surface area contributed by atoms with Crippen molar-refractivity contribution in [3.05, 3.63) is 101 Å². The maximum absolute atomic E-state index is 13.7. The van der Waals surface area contributed by atoms with Gasteiger partial charge in [0, 0.05) is 28.6 Å². The van der Waals surface area contributed by atoms with E-state index in [-0.39, 0.29) is 11.6 Å². The third-order valence-electron chi connectivity index (χ3n) is 5.52. The molecular weight excluding hydrogens is 452 g/mol. The Hall–Kier alpha value is -2.89. The number of halogens is 1. The second kappa shape index (κ2) is 11.3. The number of piperidine rings is 1. The molecule has 6 heteroatoms. The number of rotatable bonds is 6. The smallest absolute Gasteiger partial charge is 0.277 e. The summed E-state index contributed by atoms with van der Waals surface area (Å²) in [5.74, 6) is -0.581. The summed E-state index contributed by atoms with van der Waals surface area (Å²) in [6.45, 7) is 1.37. The van der Waals surface area contributed by atoms with Gasteiger partial charge >= 0.3 is 0 Å². The van der Waals surface area contributed by atoms with Gasteiger partial charge in [-0.25, -0.2) is 4.99 Å². The highest BCUT2D eigenvalue weighted by molar-refractivity contribution is 8.00. The number of thioether (sulfide) groups is 1. The number of likely N-dealkylation sites (tertiary alicyclic amines) is 1. The Balaban J connectivity index is 1.77. The van der Waals surface area contributed by atoms with Gasteiger partial charge in [0.1, 0.15) is 5.71 Å². The molecule has 0 bridgehead atoms. The second-order valence-corrected chi connectivity index (χ2v) is 9.50. The molecule has 1 saturated heterocycles. The first-order valence-corrected chi connectivity index (χ1v) is 12.3. The van der Waals surface area contributed by atoms with Crippen molar-refractivity contribution in [1.29, 1.82) is 0 Å². The standard InChI is InChI=1S/C27H25ClN2O2S/c28-22-14-16-23(17-15-22)33-25(20-10-4-1-5-11-20)24(27(32)30-18-8-3-9-19-30)29-26(31)21-12-6-2-7-13-21/h1-2,4-7,10-17,25H,3,8-9,18-19H2. The van der Waals surface area contributed by atoms with Crippen molar-refractivity contribution < 1.29 is 9.59 Å². The van der Waals surface area contributed by atoms with Crippen molar-refractivity contribution in [1.82, 2.24) is 4.90 Å². The van der Waals surface area contributed by atoms with E-state index in [4.69, 9.17) is 11.6 Å². The van der Waals surface area contributed by atoms with E-state index in [2.05, 4.69) is 4.99 Å². The van der Waals surface area contributed by atoms with E-state index in [0.29, 0.717) is 23.7 Å². The first-order valence-electron chi connectivity index (χ1n) is 11.1. The largest absolute Gasteiger partial charge is 0.338 e. The summed E-state index contributed by atoms with van der Waals surface area (Å²) in [5.41, 5.74) is 1.64. The fourth-order valence-electron chi connectivity index (χ4n) is 3.79. The van der Waals surface area contributed by atoms with Gasteiger partial charge in [-0.3, -0.25) is 9.59 Å². The van der Waals surface area contributed by atoms with Crippen molar-refractivity contribution in [2.45, 2.75) is 29.4 Å². The van der Waals surface area contributed by atoms with Crippen LogP contribution in [-0.2, 0) is 4.79 Å². The summed E-state index contributed by atoms with van der Waals surface area (Å²) in [4.78, 5) is 34.1. The molecular formula is C27H25ClN2O2S. The molecule has 3 aromatic carbocycles. The lowest BCUT2D eigenvalue weighted by Gasteiger charge is -2.29. The molecule has 4 nitrogen and oxygen atoms in total. The molecule has 168 valence electrons. The number of carbonyl (C=O) groups excluding carboxylic acids is 2. The van der Waals surface area contributed by atoms with Gasteiger partial charge in [-0.2, -0.15) is 0 Å². The molecule has 1 unspecified atom stereocenters. The zero-order valence-electron chi connectivity index (χ0n) is 18.2. The van der Waals surface area contributed by atoms with Gasteiger partial charge in [-0.05, 0) is 61.2 Å². The molecule has 4 rings (SSSR count). The summed E-state index contributed by atoms with van der Waals surface area (Å²) in [6.07, 6.45) is 3.04. The van der Waals surface area contributed by atoms with E-state index in [1.54, 1.807) is 24.3 Å². The van der Waals surface area contributed by atoms with Crippen LogP contribution in [0.3, 0.4) is 0 Å². The maximum Gasteiger partial charge on any atom is 0.277 e. The van der Waals surface area contributed by atoms with Crippen molar-refractivity contribution >= 4 is 40.9 Å². The highest BCUT2D eigenvalue weighted by Gasteiger charge is 2.31. The molecule has 3 aromatic rings. The topological polar surface area (TPSA) is 49.7 Å². The lowest BCUT2D eigenvalue weighted by atomic mass is 10.0. The van der Waals surface area contributed by atoms with E-state index in [0.717, 1.165) is 29.7 Å². The molecule has 0 aromatic heterocycles. The Kier molecular flexibility index (Phi) is 7.97. The predicted molar refractivity (Wildman–Crippen MR) is 135 cm³/mol. The molecule has 1 aliphatic rings. The van der Waals surface area contributed by atoms with Crippen LogP contribution in [0.15, 0.2) is 94.8 Å². The van der Waals surface area contributed by atoms with Gasteiger partial charge in [-0.1, -0.05) is 60.1 Å². The van der Waals surface area contributed by atoms with Crippen molar-refractivity contribution in [2.24, 2.45) is 4.99 Å². The third-order valence-corrected chi connectivity index (χ3v) is 7.05. The molecule has 1 heterocycles. The Bertz CT molecular complexity index is 1110. The minimum atomic E-state index is -0.436. The minimum absolute atomic E-state index is 0.172. The fourth-order valence-corrected chi connectivity index (χ4v) is 5.04. The lowest BCUT2D eigenvalue weighted by molar-refractivity contribution is -0.125. The lowest BCUT2D eigenvalue weighted by Crippen LogP contribution is -2.42. The highest BCUT2D eigenvalue weighted by atomic mass is 35.5. The van der Waals surface area contributed by atoms with Gasteiger partial charge < -0.3 is 4.90 Å². The van der Waals surface area contributed by atoms with Crippen LogP contribution >= 0.6 is 23.4 Å². The van der Waals surface area contributed by atoms with Crippen LogP contribution in [0.4, 0.5) is 0 Å². The number of amides is 2. The summed E-state index contributed by atoms with van der Waals surface area (Å²) in [6, 6.07) is 26.1. The normalized spacial score (nSPS) is 15.2. The number of hydrogen-bond donors (Lipinski definition) is 0. The van der Waals surface area contributed by atoms with Gasteiger partial charge in [0.25, 0.3) is 11.8 Å². The molecule has 1 aliphatic heterocycles. The Morgan fingerprint density at radius 1 is 0.818 bits per heavy atom. The number of carbonyl (C=O) groups is 2. The average molecular weight is 477 g/mol. The quantitative estimate of drug-likeness (QED) is 0.302. The molecule has 0 radical (unpaired) electrons. The van der Waals surface area contributed by atoms with Gasteiger partial charge in [0.05, 0.1) is 5.25 Å². The first kappa shape index (κ1) is 23.3. The zero-order chi connectivity index (χ0) is 23.0. The van der Waals surface area contributed by atoms with E-state index < -0.39 is 11.2 Å². The fraction of sp³-hybridized carbons (Fsp3) is 0.222. The number of benzene rings is 3. The Morgan fingerprint density at radius 2 is 1.42 bits per heavy atom. The molecule has 0 N–H and O–H groups in total. The van der Waals surface area contributed by atoms with Gasteiger partial charge in [0.15, 0.2) is 0 Å². The van der Waals surface area contributed by atoms with Gasteiger partial charge in [-0.15, -0.1) is 11.8 Å². The van der Waals surface area contributed by atoms with E-state index >= 15 is 0 Å². The third kappa shape index (κ3) is 6.12. The zero-order valence-corrected chi connectivity index (χ0v) is 19.8. The Morgan fingerprint density at radius 3 is 2.06 bits per heavy atom. The van der Waals surface area contributed by atoms with E-state index in [1.165, 1.54) is 11.8 Å². The van der Waals surface area contributed by atoms with Crippen molar-refractivity contribution in [3.8, 4) is 0 Å². The SMILES string of the molecule is O=C(N=C(C(=O)N1CCCCC1)C(Sc1ccc(Cl)cc1)c1ccccc1)c1ccccc1. The summed E-state index contributed by atoms with van der Waals surface area (Å²) in [7, 11) is 0. The van der Waals surface area contributed by atoms with E-state index in [1.807, 2.05) is 65.6 Å². The van der Waals surface area contributed by atoms with Crippen LogP contribution in [0.1, 0.15) is 40.4 Å². The monoisotopic (exact) mass is 476 g/mol. The molecule has 0 saturated carbocycles. The molecule has 1 atom stereocenters. The molecule has 33 heavy (non-hydrogen) atoms. The molecule has 0 aliphatic carbocycles. The minimum Gasteiger partial charge on any atom is -0.338 e. The number of nitrogens with zero attached hydrogens (tertiary/aromatic N) is 2. The molecule has 1 fully saturated rings. The van der Waals surface area contributed by atoms with Crippen LogP contribution < -0.4 is 0 Å². The molecule has 2 amide bonds. The summed E-state index contributed by atoms with van der Waals surface area (Å²) in [5, 5.41) is 0.211. The van der Waals surface area contributed by atoms with Crippen LogP contribution in [0.2, 0.25) is 5.02 Å². The van der Waals surface area contributed by atoms with Crippen LogP contribution in [0, 0.1) is 0 Å². The summed E-state index contributed by atoms with van der Waals surface area (Å²) < 4.78 is 0. The van der Waals surface area contributed by atoms with Gasteiger partial charge in [0.2, 0.25) is 0 Å². The van der Waals surface area contributed by atoms with Crippen LogP contribution in [0.25, 0.3) is 0 Å². The highest BCUT2D eigenvalue weighted by Crippen LogP contribution is 2.38. The van der Waals surface area contributed by atoms with E-state index in [9.17, 15) is 9.59 Å². The van der Waals surface area contributed by atoms with Crippen molar-refractivity contribution in [2.75, 3.05) is 13.1 Å². The summed E-state index contributed by atoms with van der Waals surface area (Å²) >= 11 is 7.58. The van der Waals surface area contributed by atoms with Crippen LogP contribution in [-0.4, -0.2) is 35.5 Å². The average Bonchev–Trinajstić information content (AvgIpc) is 2.88. The number of hydrogen-bond acceptors (Lipinski definition) is 3.